The van der Waals surface area contributed by atoms with Gasteiger partial charge in [0.15, 0.2) is 0 Å². The maximum Gasteiger partial charge on any atom is 0.0156 e. The van der Waals surface area contributed by atoms with Crippen molar-refractivity contribution >= 4 is 25.0 Å². The van der Waals surface area contributed by atoms with Crippen LogP contribution in [-0.4, -0.2) is 18.3 Å². The van der Waals surface area contributed by atoms with E-state index in [1.54, 1.807) is 0 Å². The summed E-state index contributed by atoms with van der Waals surface area (Å²) in [6.07, 6.45) is 2.66. The number of hydrogen-bond acceptors (Lipinski definition) is 2. The number of halogens is 1. The third-order valence-corrected chi connectivity index (χ3v) is 1.82. The summed E-state index contributed by atoms with van der Waals surface area (Å²) in [5.74, 6) is 1.00. The predicted molar refractivity (Wildman–Crippen MR) is 42.1 cm³/mol. The zero-order valence-electron chi connectivity index (χ0n) is 4.76. The van der Waals surface area contributed by atoms with Crippen molar-refractivity contribution in [2.24, 2.45) is 0 Å². The van der Waals surface area contributed by atoms with E-state index in [1.165, 1.54) is 19.4 Å². The van der Waals surface area contributed by atoms with E-state index >= 15 is 0 Å². The molecule has 1 saturated heterocycles. The van der Waals surface area contributed by atoms with Crippen molar-refractivity contribution < 1.29 is 0 Å². The third kappa shape index (κ3) is 2.25. The van der Waals surface area contributed by atoms with Gasteiger partial charge in [0.25, 0.3) is 0 Å². The van der Waals surface area contributed by atoms with Crippen molar-refractivity contribution in [1.82, 2.24) is 5.32 Å². The molecule has 0 radical (unpaired) electrons. The quantitative estimate of drug-likeness (QED) is 0.538. The van der Waals surface area contributed by atoms with Crippen molar-refractivity contribution in [3.05, 3.63) is 0 Å². The fourth-order valence-electron chi connectivity index (χ4n) is 0.913. The Morgan fingerprint density at radius 3 is 2.62 bits per heavy atom. The van der Waals surface area contributed by atoms with Crippen molar-refractivity contribution in [2.45, 2.75) is 18.9 Å². The summed E-state index contributed by atoms with van der Waals surface area (Å²) in [5.41, 5.74) is 0. The molecule has 1 aliphatic rings. The van der Waals surface area contributed by atoms with Gasteiger partial charge in [0.1, 0.15) is 0 Å². The molecule has 0 aliphatic carbocycles. The van der Waals surface area contributed by atoms with Gasteiger partial charge in [-0.05, 0) is 19.4 Å². The monoisotopic (exact) mass is 153 g/mol. The molecule has 1 aliphatic heterocycles. The highest BCUT2D eigenvalue weighted by molar-refractivity contribution is 7.80. The van der Waals surface area contributed by atoms with Gasteiger partial charge in [-0.2, -0.15) is 12.6 Å². The van der Waals surface area contributed by atoms with Gasteiger partial charge < -0.3 is 5.32 Å². The lowest BCUT2D eigenvalue weighted by Gasteiger charge is -2.01. The van der Waals surface area contributed by atoms with Crippen LogP contribution in [0, 0.1) is 0 Å². The van der Waals surface area contributed by atoms with E-state index in [0.29, 0.717) is 6.04 Å². The van der Waals surface area contributed by atoms with Crippen LogP contribution in [0.2, 0.25) is 0 Å². The summed E-state index contributed by atoms with van der Waals surface area (Å²) in [7, 11) is 0. The molecule has 1 rings (SSSR count). The highest BCUT2D eigenvalue weighted by Gasteiger charge is 2.10. The summed E-state index contributed by atoms with van der Waals surface area (Å²) >= 11 is 4.15. The number of nitrogens with one attached hydrogen (secondary N) is 1. The molecule has 8 heavy (non-hydrogen) atoms. The maximum absolute atomic E-state index is 4.15. The Balaban J connectivity index is 0.000000490. The fraction of sp³-hybridized carbons (Fsp3) is 1.00. The van der Waals surface area contributed by atoms with E-state index in [-0.39, 0.29) is 12.4 Å². The second-order valence-electron chi connectivity index (χ2n) is 1.98. The molecular formula is C5H12ClNS. The van der Waals surface area contributed by atoms with Crippen molar-refractivity contribution in [3.8, 4) is 0 Å². The Hall–Kier alpha value is 0.600. The number of thiol groups is 1. The Morgan fingerprint density at radius 2 is 2.38 bits per heavy atom. The van der Waals surface area contributed by atoms with Crippen LogP contribution in [-0.2, 0) is 0 Å². The molecule has 1 fully saturated rings. The molecule has 1 atom stereocenters. The first-order chi connectivity index (χ1) is 3.43. The molecule has 0 unspecified atom stereocenters. The van der Waals surface area contributed by atoms with Crippen LogP contribution >= 0.6 is 25.0 Å². The molecule has 0 bridgehead atoms. The van der Waals surface area contributed by atoms with Gasteiger partial charge in [0.05, 0.1) is 0 Å². The first kappa shape index (κ1) is 8.60. The molecule has 0 saturated carbocycles. The second kappa shape index (κ2) is 4.48. The third-order valence-electron chi connectivity index (χ3n) is 1.38. The van der Waals surface area contributed by atoms with E-state index in [2.05, 4.69) is 17.9 Å². The highest BCUT2D eigenvalue weighted by atomic mass is 35.5. The molecule has 0 aromatic rings. The lowest BCUT2D eigenvalue weighted by Crippen LogP contribution is -2.22. The number of rotatable bonds is 1. The zero-order valence-corrected chi connectivity index (χ0v) is 6.47. The lowest BCUT2D eigenvalue weighted by molar-refractivity contribution is 0.675. The Bertz CT molecular complexity index is 54.4. The topological polar surface area (TPSA) is 12.0 Å². The highest BCUT2D eigenvalue weighted by Crippen LogP contribution is 2.04. The summed E-state index contributed by atoms with van der Waals surface area (Å²) in [5, 5.41) is 3.33. The van der Waals surface area contributed by atoms with Gasteiger partial charge in [0, 0.05) is 11.8 Å². The van der Waals surface area contributed by atoms with Gasteiger partial charge in [-0.15, -0.1) is 12.4 Å². The Labute approximate surface area is 62.1 Å². The van der Waals surface area contributed by atoms with Gasteiger partial charge in [0.2, 0.25) is 0 Å². The SMILES string of the molecule is Cl.SC[C@H]1CCCN1. The van der Waals surface area contributed by atoms with Crippen LogP contribution in [0.25, 0.3) is 0 Å². The van der Waals surface area contributed by atoms with Crippen LogP contribution < -0.4 is 5.32 Å². The fourth-order valence-corrected chi connectivity index (χ4v) is 1.22. The largest absolute Gasteiger partial charge is 0.313 e. The number of hydrogen-bond donors (Lipinski definition) is 2. The van der Waals surface area contributed by atoms with Crippen LogP contribution in [0.5, 0.6) is 0 Å². The van der Waals surface area contributed by atoms with Crippen molar-refractivity contribution in [3.63, 3.8) is 0 Å². The second-order valence-corrected chi connectivity index (χ2v) is 2.34. The van der Waals surface area contributed by atoms with E-state index in [4.69, 9.17) is 0 Å². The first-order valence-electron chi connectivity index (χ1n) is 2.77. The minimum Gasteiger partial charge on any atom is -0.313 e. The van der Waals surface area contributed by atoms with Crippen LogP contribution in [0.3, 0.4) is 0 Å². The summed E-state index contributed by atoms with van der Waals surface area (Å²) < 4.78 is 0. The predicted octanol–water partition coefficient (Wildman–Crippen LogP) is 1.09. The molecular weight excluding hydrogens is 142 g/mol. The smallest absolute Gasteiger partial charge is 0.0156 e. The normalized spacial score (nSPS) is 27.4. The van der Waals surface area contributed by atoms with E-state index in [1.807, 2.05) is 0 Å². The van der Waals surface area contributed by atoms with Gasteiger partial charge in [-0.1, -0.05) is 0 Å². The van der Waals surface area contributed by atoms with E-state index in [9.17, 15) is 0 Å². The van der Waals surface area contributed by atoms with Crippen LogP contribution in [0.4, 0.5) is 0 Å². The minimum atomic E-state index is 0. The van der Waals surface area contributed by atoms with E-state index < -0.39 is 0 Å². The Morgan fingerprint density at radius 1 is 1.62 bits per heavy atom. The molecule has 0 amide bonds. The molecule has 3 heteroatoms. The molecule has 0 aromatic carbocycles. The maximum atomic E-state index is 4.15. The molecule has 50 valence electrons. The standard InChI is InChI=1S/C5H11NS.ClH/c7-4-5-2-1-3-6-5;/h5-7H,1-4H2;1H/t5-;/m1./s1. The zero-order chi connectivity index (χ0) is 5.11. The van der Waals surface area contributed by atoms with Gasteiger partial charge in [-0.25, -0.2) is 0 Å². The lowest BCUT2D eigenvalue weighted by atomic mass is 10.3. The summed E-state index contributed by atoms with van der Waals surface area (Å²) in [6.45, 7) is 1.20. The minimum absolute atomic E-state index is 0. The molecule has 0 aromatic heterocycles. The molecule has 0 spiro atoms. The van der Waals surface area contributed by atoms with Gasteiger partial charge >= 0.3 is 0 Å². The summed E-state index contributed by atoms with van der Waals surface area (Å²) in [4.78, 5) is 0. The van der Waals surface area contributed by atoms with Crippen molar-refractivity contribution in [1.29, 1.82) is 0 Å². The average Bonchev–Trinajstić information content (AvgIpc) is 2.14. The summed E-state index contributed by atoms with van der Waals surface area (Å²) in [6, 6.07) is 0.711. The molecule has 1 N–H and O–H groups in total. The van der Waals surface area contributed by atoms with Crippen molar-refractivity contribution in [2.75, 3.05) is 12.3 Å². The van der Waals surface area contributed by atoms with Crippen LogP contribution in [0.15, 0.2) is 0 Å². The molecule has 1 heterocycles. The first-order valence-corrected chi connectivity index (χ1v) is 3.41. The Kier molecular flexibility index (Phi) is 4.81. The van der Waals surface area contributed by atoms with Crippen LogP contribution in [0.1, 0.15) is 12.8 Å². The van der Waals surface area contributed by atoms with E-state index in [0.717, 1.165) is 5.75 Å². The average molecular weight is 154 g/mol. The van der Waals surface area contributed by atoms with Gasteiger partial charge in [-0.3, -0.25) is 0 Å². The molecule has 1 nitrogen and oxygen atoms in total.